The summed E-state index contributed by atoms with van der Waals surface area (Å²) in [6.07, 6.45) is 0.924. The smallest absolute Gasteiger partial charge is 0.243 e. The first-order valence-electron chi connectivity index (χ1n) is 11.2. The van der Waals surface area contributed by atoms with E-state index in [4.69, 9.17) is 35.8 Å². The van der Waals surface area contributed by atoms with Gasteiger partial charge in [0.1, 0.15) is 0 Å². The Balaban J connectivity index is 1.21. The fourth-order valence-electron chi connectivity index (χ4n) is 5.01. The van der Waals surface area contributed by atoms with Crippen LogP contribution in [0.5, 0.6) is 0 Å². The van der Waals surface area contributed by atoms with E-state index in [1.165, 1.54) is 11.1 Å². The number of halogens is 2. The van der Waals surface area contributed by atoms with Crippen molar-refractivity contribution >= 4 is 53.3 Å². The molecule has 0 spiro atoms. The van der Waals surface area contributed by atoms with Gasteiger partial charge >= 0.3 is 0 Å². The van der Waals surface area contributed by atoms with Crippen molar-refractivity contribution in [1.29, 1.82) is 0 Å². The molecule has 3 aliphatic rings. The monoisotopic (exact) mass is 504 g/mol. The molecular weight excluding hydrogens is 479 g/mol. The maximum atomic E-state index is 12.4. The van der Waals surface area contributed by atoms with Gasteiger partial charge in [0, 0.05) is 61.4 Å². The van der Waals surface area contributed by atoms with Gasteiger partial charge in [0.15, 0.2) is 0 Å². The summed E-state index contributed by atoms with van der Waals surface area (Å²) in [5.41, 5.74) is 4.67. The zero-order chi connectivity index (χ0) is 23.1. The molecule has 2 aromatic rings. The highest BCUT2D eigenvalue weighted by molar-refractivity contribution is 7.80. The summed E-state index contributed by atoms with van der Waals surface area (Å²) in [5, 5.41) is 3.63. The van der Waals surface area contributed by atoms with Crippen LogP contribution in [0.25, 0.3) is 0 Å². The van der Waals surface area contributed by atoms with E-state index in [0.717, 1.165) is 44.0 Å². The number of imide groups is 1. The highest BCUT2D eigenvalue weighted by Gasteiger charge is 2.39. The summed E-state index contributed by atoms with van der Waals surface area (Å²) in [5.74, 6) is -0.401. The number of carbonyl (C=O) groups is 2. The maximum Gasteiger partial charge on any atom is 0.243 e. The maximum absolute atomic E-state index is 12.4. The van der Waals surface area contributed by atoms with E-state index in [-0.39, 0.29) is 23.2 Å². The third kappa shape index (κ3) is 4.88. The van der Waals surface area contributed by atoms with Crippen LogP contribution in [0, 0.1) is 0 Å². The SMILES string of the molecule is O=C1CCC(N2Cc3ccc(CN4CCN(c5cc(Cl)cc(Cl)c5)CC4)cc3C2S)C(=O)N1. The molecule has 2 atom stereocenters. The number of piperidine rings is 1. The molecule has 2 unspecified atom stereocenters. The van der Waals surface area contributed by atoms with Crippen molar-refractivity contribution in [2.75, 3.05) is 31.1 Å². The highest BCUT2D eigenvalue weighted by Crippen LogP contribution is 2.39. The Morgan fingerprint density at radius 2 is 1.73 bits per heavy atom. The molecule has 2 fully saturated rings. The molecule has 2 amide bonds. The first-order valence-corrected chi connectivity index (χ1v) is 12.5. The van der Waals surface area contributed by atoms with Gasteiger partial charge in [0.2, 0.25) is 11.8 Å². The van der Waals surface area contributed by atoms with Crippen molar-refractivity contribution in [2.24, 2.45) is 0 Å². The van der Waals surface area contributed by atoms with E-state index < -0.39 is 0 Å². The molecule has 174 valence electrons. The lowest BCUT2D eigenvalue weighted by atomic mass is 10.0. The molecule has 0 radical (unpaired) electrons. The van der Waals surface area contributed by atoms with Gasteiger partial charge in [-0.1, -0.05) is 41.4 Å². The van der Waals surface area contributed by atoms with Crippen LogP contribution in [0.1, 0.15) is 34.9 Å². The van der Waals surface area contributed by atoms with Crippen LogP contribution < -0.4 is 10.2 Å². The molecule has 2 aromatic carbocycles. The van der Waals surface area contributed by atoms with Crippen molar-refractivity contribution in [3.63, 3.8) is 0 Å². The minimum Gasteiger partial charge on any atom is -0.369 e. The Morgan fingerprint density at radius 1 is 1.00 bits per heavy atom. The number of piperazine rings is 1. The standard InChI is InChI=1S/C24H26Cl2N4O2S/c25-17-10-18(26)12-19(11-17)29-7-5-28(6-8-29)13-15-1-2-16-14-30(24(33)20(16)9-15)21-3-4-22(31)27-23(21)32/h1-2,9-12,21,24,33H,3-8,13-14H2,(H,27,31,32). The van der Waals surface area contributed by atoms with Gasteiger partial charge in [-0.05, 0) is 41.3 Å². The van der Waals surface area contributed by atoms with E-state index in [0.29, 0.717) is 29.4 Å². The fraction of sp³-hybridized carbons (Fsp3) is 0.417. The van der Waals surface area contributed by atoms with E-state index in [9.17, 15) is 9.59 Å². The van der Waals surface area contributed by atoms with Crippen LogP contribution in [0.4, 0.5) is 5.69 Å². The zero-order valence-corrected chi connectivity index (χ0v) is 20.5. The van der Waals surface area contributed by atoms with Gasteiger partial charge in [0.05, 0.1) is 11.4 Å². The molecule has 0 aliphatic carbocycles. The van der Waals surface area contributed by atoms with Crippen LogP contribution in [0.15, 0.2) is 36.4 Å². The number of rotatable bonds is 4. The first-order chi connectivity index (χ1) is 15.9. The molecule has 0 saturated carbocycles. The molecule has 5 rings (SSSR count). The van der Waals surface area contributed by atoms with Crippen molar-refractivity contribution in [3.05, 3.63) is 63.1 Å². The number of thiol groups is 1. The third-order valence-electron chi connectivity index (χ3n) is 6.76. The van der Waals surface area contributed by atoms with Gasteiger partial charge in [-0.15, -0.1) is 0 Å². The van der Waals surface area contributed by atoms with Crippen molar-refractivity contribution < 1.29 is 9.59 Å². The van der Waals surface area contributed by atoms with Crippen LogP contribution in [-0.4, -0.2) is 53.8 Å². The molecule has 6 nitrogen and oxygen atoms in total. The summed E-state index contributed by atoms with van der Waals surface area (Å²) in [4.78, 5) is 30.7. The number of benzene rings is 2. The Kier molecular flexibility index (Phi) is 6.60. The average Bonchev–Trinajstić information content (AvgIpc) is 3.09. The number of nitrogens with zero attached hydrogens (tertiary/aromatic N) is 3. The van der Waals surface area contributed by atoms with E-state index in [2.05, 4.69) is 38.2 Å². The lowest BCUT2D eigenvalue weighted by molar-refractivity contribution is -0.137. The lowest BCUT2D eigenvalue weighted by Crippen LogP contribution is -2.51. The summed E-state index contributed by atoms with van der Waals surface area (Å²) in [7, 11) is 0. The van der Waals surface area contributed by atoms with Gasteiger partial charge in [-0.3, -0.25) is 24.7 Å². The molecule has 3 aliphatic heterocycles. The summed E-state index contributed by atoms with van der Waals surface area (Å²) in [6.45, 7) is 5.29. The van der Waals surface area contributed by atoms with Gasteiger partial charge in [0.25, 0.3) is 0 Å². The van der Waals surface area contributed by atoms with Gasteiger partial charge < -0.3 is 4.90 Å². The minimum atomic E-state index is -0.311. The van der Waals surface area contributed by atoms with Crippen LogP contribution in [0.2, 0.25) is 10.0 Å². The molecule has 9 heteroatoms. The zero-order valence-electron chi connectivity index (χ0n) is 18.1. The number of hydrogen-bond donors (Lipinski definition) is 2. The van der Waals surface area contributed by atoms with Crippen LogP contribution in [0.3, 0.4) is 0 Å². The van der Waals surface area contributed by atoms with Gasteiger partial charge in [-0.2, -0.15) is 12.6 Å². The average molecular weight is 505 g/mol. The fourth-order valence-corrected chi connectivity index (χ4v) is 6.01. The third-order valence-corrected chi connectivity index (χ3v) is 7.77. The van der Waals surface area contributed by atoms with Crippen molar-refractivity contribution in [2.45, 2.75) is 37.3 Å². The van der Waals surface area contributed by atoms with Crippen LogP contribution >= 0.6 is 35.8 Å². The molecule has 0 bridgehead atoms. The quantitative estimate of drug-likeness (QED) is 0.488. The molecule has 33 heavy (non-hydrogen) atoms. The molecule has 0 aromatic heterocycles. The number of amides is 2. The number of anilines is 1. The minimum absolute atomic E-state index is 0.145. The Morgan fingerprint density at radius 3 is 2.42 bits per heavy atom. The molecule has 2 saturated heterocycles. The second kappa shape index (κ2) is 9.47. The van der Waals surface area contributed by atoms with Gasteiger partial charge in [-0.25, -0.2) is 0 Å². The highest BCUT2D eigenvalue weighted by atomic mass is 35.5. The number of hydrogen-bond acceptors (Lipinski definition) is 6. The Hall–Kier alpha value is -1.77. The van der Waals surface area contributed by atoms with E-state index in [1.807, 2.05) is 12.1 Å². The number of carbonyl (C=O) groups excluding carboxylic acids is 2. The molecule has 1 N–H and O–H groups in total. The van der Waals surface area contributed by atoms with Crippen molar-refractivity contribution in [3.8, 4) is 0 Å². The summed E-state index contributed by atoms with van der Waals surface area (Å²) < 4.78 is 0. The second-order valence-corrected chi connectivity index (χ2v) is 10.3. The van der Waals surface area contributed by atoms with E-state index in [1.54, 1.807) is 6.07 Å². The normalized spacial score (nSPS) is 24.2. The van der Waals surface area contributed by atoms with Crippen LogP contribution in [-0.2, 0) is 22.7 Å². The Labute approximate surface area is 209 Å². The summed E-state index contributed by atoms with van der Waals surface area (Å²) >= 11 is 17.2. The molecule has 3 heterocycles. The predicted octanol–water partition coefficient (Wildman–Crippen LogP) is 3.86. The summed E-state index contributed by atoms with van der Waals surface area (Å²) in [6, 6.07) is 11.9. The number of fused-ring (bicyclic) bond motifs is 1. The first kappa shape index (κ1) is 23.0. The largest absolute Gasteiger partial charge is 0.369 e. The van der Waals surface area contributed by atoms with E-state index >= 15 is 0 Å². The lowest BCUT2D eigenvalue weighted by Gasteiger charge is -2.36. The predicted molar refractivity (Wildman–Crippen MR) is 134 cm³/mol. The van der Waals surface area contributed by atoms with Crippen molar-refractivity contribution in [1.82, 2.24) is 15.1 Å². The number of nitrogens with one attached hydrogen (secondary N) is 1. The Bertz CT molecular complexity index is 1070. The second-order valence-electron chi connectivity index (χ2n) is 8.94. The molecular formula is C24H26Cl2N4O2S. The topological polar surface area (TPSA) is 55.9 Å².